The molecule has 0 spiro atoms. The van der Waals surface area contributed by atoms with E-state index in [1.54, 1.807) is 6.07 Å². The van der Waals surface area contributed by atoms with E-state index >= 15 is 0 Å². The van der Waals surface area contributed by atoms with E-state index in [-0.39, 0.29) is 23.0 Å². The quantitative estimate of drug-likeness (QED) is 0.798. The normalized spacial score (nSPS) is 27.7. The van der Waals surface area contributed by atoms with E-state index in [9.17, 15) is 9.90 Å². The number of Topliss-reactive ketones (excluding diaryl/α,β-unsaturated/α-hetero) is 1. The van der Waals surface area contributed by atoms with Crippen LogP contribution in [0.25, 0.3) is 6.08 Å². The minimum Gasteiger partial charge on any atom is -0.508 e. The number of likely N-dealkylation sites (tertiary alicyclic amines) is 1. The van der Waals surface area contributed by atoms with Crippen molar-refractivity contribution in [2.24, 2.45) is 0 Å². The Balaban J connectivity index is 1.73. The second kappa shape index (κ2) is 6.57. The maximum atomic E-state index is 13.1. The molecule has 2 bridgehead atoms. The summed E-state index contributed by atoms with van der Waals surface area (Å²) in [7, 11) is 2.08. The van der Waals surface area contributed by atoms with E-state index in [0.29, 0.717) is 11.4 Å². The van der Waals surface area contributed by atoms with Crippen molar-refractivity contribution >= 4 is 23.5 Å². The lowest BCUT2D eigenvalue weighted by Crippen LogP contribution is -2.53. The molecule has 1 N–H and O–H groups in total. The molecule has 1 saturated heterocycles. The van der Waals surface area contributed by atoms with Crippen LogP contribution in [-0.2, 0) is 10.2 Å². The fraction of sp³-hybridized carbons (Fsp3) is 0.318. The summed E-state index contributed by atoms with van der Waals surface area (Å²) in [6.07, 6.45) is 4.31. The predicted molar refractivity (Wildman–Crippen MR) is 104 cm³/mol. The first-order valence-corrected chi connectivity index (χ1v) is 9.35. The molecular weight excluding hydrogens is 346 g/mol. The summed E-state index contributed by atoms with van der Waals surface area (Å²) in [6.45, 7) is 0.931. The molecule has 2 aromatic carbocycles. The maximum absolute atomic E-state index is 13.1. The monoisotopic (exact) mass is 367 g/mol. The van der Waals surface area contributed by atoms with Gasteiger partial charge in [-0.15, -0.1) is 0 Å². The molecule has 0 amide bonds. The van der Waals surface area contributed by atoms with Crippen LogP contribution in [0, 0.1) is 0 Å². The molecular formula is C22H22ClNO2. The molecule has 4 heteroatoms. The van der Waals surface area contributed by atoms with Crippen molar-refractivity contribution < 1.29 is 9.90 Å². The van der Waals surface area contributed by atoms with Crippen LogP contribution in [0.2, 0.25) is 5.02 Å². The van der Waals surface area contributed by atoms with Gasteiger partial charge in [-0.3, -0.25) is 9.69 Å². The zero-order valence-corrected chi connectivity index (χ0v) is 15.5. The summed E-state index contributed by atoms with van der Waals surface area (Å²) in [5, 5.41) is 10.6. The van der Waals surface area contributed by atoms with Gasteiger partial charge in [-0.05, 0) is 67.9 Å². The summed E-state index contributed by atoms with van der Waals surface area (Å²) < 4.78 is 0. The molecule has 4 rings (SSSR count). The third kappa shape index (κ3) is 3.06. The van der Waals surface area contributed by atoms with E-state index in [0.717, 1.165) is 36.1 Å². The van der Waals surface area contributed by atoms with Crippen molar-refractivity contribution in [3.05, 3.63) is 70.3 Å². The van der Waals surface area contributed by atoms with Crippen molar-refractivity contribution in [1.82, 2.24) is 4.90 Å². The molecule has 1 aliphatic carbocycles. The number of fused-ring (bicyclic) bond motifs is 2. The van der Waals surface area contributed by atoms with Gasteiger partial charge in [0, 0.05) is 28.5 Å². The Hall–Kier alpha value is -2.10. The summed E-state index contributed by atoms with van der Waals surface area (Å²) >= 11 is 6.10. The smallest absolute Gasteiger partial charge is 0.161 e. The van der Waals surface area contributed by atoms with Crippen molar-refractivity contribution in [3.8, 4) is 5.75 Å². The number of rotatable bonds is 2. The first-order valence-electron chi connectivity index (χ1n) is 8.97. The Morgan fingerprint density at radius 3 is 2.81 bits per heavy atom. The molecule has 2 fully saturated rings. The number of ketones is 1. The lowest BCUT2D eigenvalue weighted by atomic mass is 9.61. The van der Waals surface area contributed by atoms with Crippen LogP contribution >= 0.6 is 11.6 Å². The van der Waals surface area contributed by atoms with Crippen LogP contribution in [0.3, 0.4) is 0 Å². The number of phenolic OH excluding ortho intramolecular Hbond substituents is 1. The Bertz CT molecular complexity index is 891. The van der Waals surface area contributed by atoms with Crippen molar-refractivity contribution in [2.45, 2.75) is 30.7 Å². The highest BCUT2D eigenvalue weighted by atomic mass is 35.5. The largest absolute Gasteiger partial charge is 0.508 e. The Kier molecular flexibility index (Phi) is 4.37. The Morgan fingerprint density at radius 1 is 1.23 bits per heavy atom. The summed E-state index contributed by atoms with van der Waals surface area (Å²) in [4.78, 5) is 15.4. The first kappa shape index (κ1) is 17.3. The number of aromatic hydroxyl groups is 1. The standard InChI is InChI=1S/C22H22ClNO2/c1-24-9-8-22(16-5-3-7-18(25)12-16)13-20(24)19(21(26)14-22)11-15-4-2-6-17(23)10-15/h2-7,10-12,20,25H,8-9,13-14H2,1H3/b19-11+/t20-,22+/m1/s1. The van der Waals surface area contributed by atoms with Crippen LogP contribution < -0.4 is 0 Å². The van der Waals surface area contributed by atoms with E-state index in [2.05, 4.69) is 11.9 Å². The van der Waals surface area contributed by atoms with E-state index in [1.807, 2.05) is 48.5 Å². The molecule has 2 aliphatic rings. The number of halogens is 1. The van der Waals surface area contributed by atoms with Crippen LogP contribution in [0.4, 0.5) is 0 Å². The van der Waals surface area contributed by atoms with Gasteiger partial charge in [0.15, 0.2) is 5.78 Å². The molecule has 2 aromatic rings. The number of carbonyl (C=O) groups is 1. The number of phenols is 1. The molecule has 0 aromatic heterocycles. The summed E-state index contributed by atoms with van der Waals surface area (Å²) in [5.41, 5.74) is 2.72. The Labute approximate surface area is 158 Å². The minimum atomic E-state index is -0.182. The third-order valence-electron chi connectivity index (χ3n) is 5.87. The van der Waals surface area contributed by atoms with Gasteiger partial charge in [-0.1, -0.05) is 35.9 Å². The molecule has 1 saturated carbocycles. The second-order valence-corrected chi connectivity index (χ2v) is 7.97. The van der Waals surface area contributed by atoms with E-state index in [4.69, 9.17) is 11.6 Å². The van der Waals surface area contributed by atoms with Gasteiger partial charge in [-0.2, -0.15) is 0 Å². The highest BCUT2D eigenvalue weighted by molar-refractivity contribution is 6.30. The molecule has 0 unspecified atom stereocenters. The van der Waals surface area contributed by atoms with Gasteiger partial charge >= 0.3 is 0 Å². The average Bonchev–Trinajstić information content (AvgIpc) is 2.61. The zero-order chi connectivity index (χ0) is 18.3. The van der Waals surface area contributed by atoms with Crippen molar-refractivity contribution in [1.29, 1.82) is 0 Å². The van der Waals surface area contributed by atoms with Crippen LogP contribution in [0.15, 0.2) is 54.1 Å². The predicted octanol–water partition coefficient (Wildman–Crippen LogP) is 4.43. The van der Waals surface area contributed by atoms with E-state index < -0.39 is 0 Å². The van der Waals surface area contributed by atoms with Gasteiger partial charge in [-0.25, -0.2) is 0 Å². The molecule has 134 valence electrons. The van der Waals surface area contributed by atoms with Gasteiger partial charge in [0.05, 0.1) is 0 Å². The average molecular weight is 368 g/mol. The van der Waals surface area contributed by atoms with Crippen molar-refractivity contribution in [2.75, 3.05) is 13.6 Å². The number of hydrogen-bond acceptors (Lipinski definition) is 3. The number of piperidine rings is 1. The van der Waals surface area contributed by atoms with Gasteiger partial charge < -0.3 is 5.11 Å². The van der Waals surface area contributed by atoms with Gasteiger partial charge in [0.2, 0.25) is 0 Å². The summed E-state index contributed by atoms with van der Waals surface area (Å²) in [5.74, 6) is 0.455. The molecule has 0 radical (unpaired) electrons. The number of benzene rings is 2. The number of nitrogens with zero attached hydrogens (tertiary/aromatic N) is 1. The second-order valence-electron chi connectivity index (χ2n) is 7.54. The van der Waals surface area contributed by atoms with Crippen LogP contribution in [0.1, 0.15) is 30.4 Å². The number of hydrogen-bond donors (Lipinski definition) is 1. The highest BCUT2D eigenvalue weighted by Crippen LogP contribution is 2.47. The summed E-state index contributed by atoms with van der Waals surface area (Å²) in [6, 6.07) is 15.1. The lowest BCUT2D eigenvalue weighted by molar-refractivity contribution is -0.120. The first-order chi connectivity index (χ1) is 12.5. The molecule has 2 atom stereocenters. The van der Waals surface area contributed by atoms with Gasteiger partial charge in [0.25, 0.3) is 0 Å². The maximum Gasteiger partial charge on any atom is 0.161 e. The van der Waals surface area contributed by atoms with Crippen LogP contribution in [0.5, 0.6) is 5.75 Å². The lowest BCUT2D eigenvalue weighted by Gasteiger charge is -2.50. The minimum absolute atomic E-state index is 0.0892. The Morgan fingerprint density at radius 2 is 2.04 bits per heavy atom. The fourth-order valence-electron chi connectivity index (χ4n) is 4.43. The number of likely N-dealkylation sites (N-methyl/N-ethyl adjacent to an activating group) is 1. The number of carbonyl (C=O) groups excluding carboxylic acids is 1. The molecule has 26 heavy (non-hydrogen) atoms. The SMILES string of the molecule is CN1CC[C@@]2(c3cccc(O)c3)CC(=O)/C(=C/c3cccc(Cl)c3)[C@H]1C2. The highest BCUT2D eigenvalue weighted by Gasteiger charge is 2.48. The third-order valence-corrected chi connectivity index (χ3v) is 6.10. The molecule has 1 aliphatic heterocycles. The van der Waals surface area contributed by atoms with Crippen molar-refractivity contribution in [3.63, 3.8) is 0 Å². The molecule has 1 heterocycles. The van der Waals surface area contributed by atoms with E-state index in [1.165, 1.54) is 0 Å². The van der Waals surface area contributed by atoms with Crippen LogP contribution in [-0.4, -0.2) is 35.4 Å². The van der Waals surface area contributed by atoms with Gasteiger partial charge in [0.1, 0.15) is 5.75 Å². The fourth-order valence-corrected chi connectivity index (χ4v) is 4.63. The zero-order valence-electron chi connectivity index (χ0n) is 14.8. The topological polar surface area (TPSA) is 40.5 Å². The molecule has 3 nitrogen and oxygen atoms in total.